The zero-order chi connectivity index (χ0) is 24.2. The summed E-state index contributed by atoms with van der Waals surface area (Å²) in [5.74, 6) is -1.54. The molecule has 8 heteroatoms. The molecule has 1 aliphatic carbocycles. The van der Waals surface area contributed by atoms with Crippen molar-refractivity contribution in [1.29, 1.82) is 0 Å². The van der Waals surface area contributed by atoms with Crippen LogP contribution in [0.1, 0.15) is 40.7 Å². The third-order valence-corrected chi connectivity index (χ3v) is 6.00. The highest BCUT2D eigenvalue weighted by Crippen LogP contribution is 2.44. The molecule has 0 spiro atoms. The van der Waals surface area contributed by atoms with Crippen molar-refractivity contribution in [3.63, 3.8) is 0 Å². The first-order valence-corrected chi connectivity index (χ1v) is 11.2. The third-order valence-electron chi connectivity index (χ3n) is 5.69. The Kier molecular flexibility index (Phi) is 6.84. The van der Waals surface area contributed by atoms with Crippen molar-refractivity contribution in [1.82, 2.24) is 5.32 Å². The molecule has 2 amide bonds. The zero-order valence-corrected chi connectivity index (χ0v) is 19.1. The van der Waals surface area contributed by atoms with Crippen LogP contribution in [0.2, 0.25) is 5.02 Å². The topological polar surface area (TPSA) is 105 Å². The van der Waals surface area contributed by atoms with Gasteiger partial charge >= 0.3 is 12.1 Å². The number of hydrogen-bond acceptors (Lipinski definition) is 4. The lowest BCUT2D eigenvalue weighted by Gasteiger charge is -2.17. The van der Waals surface area contributed by atoms with Gasteiger partial charge in [-0.3, -0.25) is 4.79 Å². The van der Waals surface area contributed by atoms with Crippen LogP contribution in [0.15, 0.2) is 66.7 Å². The lowest BCUT2D eigenvalue weighted by molar-refractivity contribution is -0.116. The average Bonchev–Trinajstić information content (AvgIpc) is 3.12. The number of aromatic carboxylic acids is 1. The summed E-state index contributed by atoms with van der Waals surface area (Å²) < 4.78 is 5.51. The molecule has 0 saturated carbocycles. The predicted octanol–water partition coefficient (Wildman–Crippen LogP) is 5.29. The molecule has 1 aliphatic rings. The van der Waals surface area contributed by atoms with Crippen molar-refractivity contribution < 1.29 is 24.2 Å². The van der Waals surface area contributed by atoms with E-state index >= 15 is 0 Å². The maximum Gasteiger partial charge on any atom is 0.407 e. The molecule has 0 aliphatic heterocycles. The molecule has 174 valence electrons. The van der Waals surface area contributed by atoms with E-state index < -0.39 is 18.1 Å². The highest BCUT2D eigenvalue weighted by molar-refractivity contribution is 6.34. The van der Waals surface area contributed by atoms with Gasteiger partial charge in [0, 0.05) is 18.4 Å². The molecule has 0 radical (unpaired) electrons. The molecule has 0 aromatic heterocycles. The lowest BCUT2D eigenvalue weighted by atomic mass is 9.98. The van der Waals surface area contributed by atoms with Gasteiger partial charge in [0.2, 0.25) is 5.91 Å². The second kappa shape index (κ2) is 9.97. The number of hydrogen-bond donors (Lipinski definition) is 3. The number of alkyl carbamates (subject to hydrolysis) is 1. The smallest absolute Gasteiger partial charge is 0.407 e. The Labute approximate surface area is 201 Å². The monoisotopic (exact) mass is 478 g/mol. The molecular formula is C26H23ClN2O5. The van der Waals surface area contributed by atoms with Crippen molar-refractivity contribution >= 4 is 35.3 Å². The summed E-state index contributed by atoms with van der Waals surface area (Å²) in [6.07, 6.45) is -0.618. The maximum atomic E-state index is 12.4. The largest absolute Gasteiger partial charge is 0.478 e. The molecule has 3 N–H and O–H groups in total. The molecule has 3 aromatic rings. The Morgan fingerprint density at radius 1 is 1.00 bits per heavy atom. The van der Waals surface area contributed by atoms with Crippen molar-refractivity contribution in [3.8, 4) is 11.1 Å². The molecule has 0 fully saturated rings. The van der Waals surface area contributed by atoms with Gasteiger partial charge in [0.25, 0.3) is 0 Å². The molecule has 0 saturated heterocycles. The van der Waals surface area contributed by atoms with E-state index in [-0.39, 0.29) is 35.4 Å². The van der Waals surface area contributed by atoms with E-state index in [4.69, 9.17) is 21.4 Å². The van der Waals surface area contributed by atoms with Crippen LogP contribution in [0, 0.1) is 0 Å². The van der Waals surface area contributed by atoms with E-state index in [0.717, 1.165) is 22.3 Å². The average molecular weight is 479 g/mol. The molecule has 0 heterocycles. The Bertz CT molecular complexity index is 1210. The molecule has 0 bridgehead atoms. The first kappa shape index (κ1) is 23.3. The fourth-order valence-corrected chi connectivity index (χ4v) is 4.35. The first-order valence-electron chi connectivity index (χ1n) is 10.8. The van der Waals surface area contributed by atoms with Crippen LogP contribution in [0.3, 0.4) is 0 Å². The minimum absolute atomic E-state index is 0.0127. The minimum atomic E-state index is -1.11. The van der Waals surface area contributed by atoms with Crippen LogP contribution in [0.25, 0.3) is 11.1 Å². The molecular weight excluding hydrogens is 456 g/mol. The standard InChI is InChI=1S/C26H23ClN2O5/c1-15(12-24(30)29-23-11-10-16(25(31)32)13-22(23)27)28-26(33)34-14-21-19-8-4-2-6-17(19)18-7-3-5-9-20(18)21/h2-11,13,15,21H,12,14H2,1H3,(H,28,33)(H,29,30)(H,31,32)/t15-/m0/s1. The van der Waals surface area contributed by atoms with Crippen molar-refractivity contribution in [3.05, 3.63) is 88.4 Å². The van der Waals surface area contributed by atoms with E-state index in [9.17, 15) is 14.4 Å². The summed E-state index contributed by atoms with van der Waals surface area (Å²) in [6, 6.07) is 19.7. The van der Waals surface area contributed by atoms with Gasteiger partial charge in [-0.1, -0.05) is 60.1 Å². The first-order chi connectivity index (χ1) is 16.3. The summed E-state index contributed by atoms with van der Waals surface area (Å²) in [7, 11) is 0. The molecule has 7 nitrogen and oxygen atoms in total. The summed E-state index contributed by atoms with van der Waals surface area (Å²) >= 11 is 6.05. The second-order valence-electron chi connectivity index (χ2n) is 8.12. The Morgan fingerprint density at radius 2 is 1.62 bits per heavy atom. The van der Waals surface area contributed by atoms with Crippen LogP contribution in [-0.4, -0.2) is 35.7 Å². The quantitative estimate of drug-likeness (QED) is 0.427. The number of fused-ring (bicyclic) bond motifs is 3. The van der Waals surface area contributed by atoms with Crippen LogP contribution in [0.5, 0.6) is 0 Å². The van der Waals surface area contributed by atoms with Gasteiger partial charge in [0.15, 0.2) is 0 Å². The number of carboxylic acid groups (broad SMARTS) is 1. The van der Waals surface area contributed by atoms with Gasteiger partial charge in [-0.2, -0.15) is 0 Å². The van der Waals surface area contributed by atoms with Crippen molar-refractivity contribution in [2.75, 3.05) is 11.9 Å². The number of anilines is 1. The highest BCUT2D eigenvalue weighted by Gasteiger charge is 2.29. The van der Waals surface area contributed by atoms with Crippen LogP contribution in [-0.2, 0) is 9.53 Å². The fourth-order valence-electron chi connectivity index (χ4n) is 4.12. The van der Waals surface area contributed by atoms with Gasteiger partial charge in [0.1, 0.15) is 6.61 Å². The summed E-state index contributed by atoms with van der Waals surface area (Å²) in [5, 5.41) is 14.4. The number of amides is 2. The lowest BCUT2D eigenvalue weighted by Crippen LogP contribution is -2.36. The number of rotatable bonds is 7. The van der Waals surface area contributed by atoms with Crippen LogP contribution >= 0.6 is 11.6 Å². The van der Waals surface area contributed by atoms with E-state index in [1.807, 2.05) is 36.4 Å². The maximum absolute atomic E-state index is 12.4. The summed E-state index contributed by atoms with van der Waals surface area (Å²) in [6.45, 7) is 1.88. The van der Waals surface area contributed by atoms with E-state index in [2.05, 4.69) is 22.8 Å². The number of carboxylic acids is 1. The molecule has 3 aromatic carbocycles. The number of benzene rings is 3. The van der Waals surface area contributed by atoms with E-state index in [0.29, 0.717) is 5.69 Å². The molecule has 4 rings (SSSR count). The Balaban J connectivity index is 1.30. The number of halogens is 1. The van der Waals surface area contributed by atoms with Crippen LogP contribution in [0.4, 0.5) is 10.5 Å². The van der Waals surface area contributed by atoms with E-state index in [1.165, 1.54) is 18.2 Å². The number of carbonyl (C=O) groups is 3. The molecule has 0 unspecified atom stereocenters. The van der Waals surface area contributed by atoms with Crippen molar-refractivity contribution in [2.24, 2.45) is 0 Å². The number of nitrogens with one attached hydrogen (secondary N) is 2. The number of ether oxygens (including phenoxy) is 1. The van der Waals surface area contributed by atoms with Gasteiger partial charge in [0.05, 0.1) is 16.3 Å². The summed E-state index contributed by atoms with van der Waals surface area (Å²) in [4.78, 5) is 35.7. The molecule has 34 heavy (non-hydrogen) atoms. The van der Waals surface area contributed by atoms with Crippen molar-refractivity contribution in [2.45, 2.75) is 25.3 Å². The highest BCUT2D eigenvalue weighted by atomic mass is 35.5. The van der Waals surface area contributed by atoms with Gasteiger partial charge in [-0.05, 0) is 47.4 Å². The molecule has 1 atom stereocenters. The predicted molar refractivity (Wildman–Crippen MR) is 129 cm³/mol. The third kappa shape index (κ3) is 5.05. The van der Waals surface area contributed by atoms with Crippen LogP contribution < -0.4 is 10.6 Å². The normalized spacial score (nSPS) is 12.9. The fraction of sp³-hybridized carbons (Fsp3) is 0.192. The second-order valence-corrected chi connectivity index (χ2v) is 8.53. The minimum Gasteiger partial charge on any atom is -0.478 e. The zero-order valence-electron chi connectivity index (χ0n) is 18.4. The SMILES string of the molecule is C[C@@H](CC(=O)Nc1ccc(C(=O)O)cc1Cl)NC(=O)OCC1c2ccccc2-c2ccccc21. The van der Waals surface area contributed by atoms with Gasteiger partial charge in [-0.25, -0.2) is 9.59 Å². The van der Waals surface area contributed by atoms with Gasteiger partial charge in [-0.15, -0.1) is 0 Å². The Morgan fingerprint density at radius 3 is 2.21 bits per heavy atom. The van der Waals surface area contributed by atoms with E-state index in [1.54, 1.807) is 6.92 Å². The Hall–Kier alpha value is -3.84. The van der Waals surface area contributed by atoms with Gasteiger partial charge < -0.3 is 20.5 Å². The summed E-state index contributed by atoms with van der Waals surface area (Å²) in [5.41, 5.74) is 4.85. The number of carbonyl (C=O) groups excluding carboxylic acids is 2.